The maximum Gasteiger partial charge on any atom is 0.270 e. The van der Waals surface area contributed by atoms with Crippen LogP contribution in [0.15, 0.2) is 29.4 Å². The Morgan fingerprint density at radius 3 is 2.58 bits per heavy atom. The first kappa shape index (κ1) is 31.1. The van der Waals surface area contributed by atoms with Gasteiger partial charge in [0.05, 0.1) is 6.04 Å². The van der Waals surface area contributed by atoms with Gasteiger partial charge in [-0.15, -0.1) is 11.3 Å². The van der Waals surface area contributed by atoms with Crippen LogP contribution in [0.25, 0.3) is 20.7 Å². The van der Waals surface area contributed by atoms with Crippen molar-refractivity contribution in [2.75, 3.05) is 12.8 Å². The minimum atomic E-state index is -1.03. The van der Waals surface area contributed by atoms with E-state index < -0.39 is 6.17 Å². The van der Waals surface area contributed by atoms with E-state index in [0.29, 0.717) is 19.5 Å². The summed E-state index contributed by atoms with van der Waals surface area (Å²) >= 11 is 1.59. The SMILES string of the molecule is CC.CCCB(C#N)CC.CN=Cc1cc(-c2cc3cn(C4CCB(C#N)CC4F)nc3s2)cc(C)c1N. The Morgan fingerprint density at radius 1 is 1.32 bits per heavy atom. The highest BCUT2D eigenvalue weighted by atomic mass is 32.1. The molecule has 200 valence electrons. The summed E-state index contributed by atoms with van der Waals surface area (Å²) in [6.45, 7) is 10.3. The van der Waals surface area contributed by atoms with Crippen molar-refractivity contribution in [3.8, 4) is 22.4 Å². The molecule has 3 aromatic rings. The first-order valence-corrected chi connectivity index (χ1v) is 14.4. The van der Waals surface area contributed by atoms with E-state index in [1.807, 2.05) is 33.0 Å². The molecule has 1 fully saturated rings. The van der Waals surface area contributed by atoms with E-state index in [1.54, 1.807) is 29.3 Å². The summed E-state index contributed by atoms with van der Waals surface area (Å²) in [6.07, 6.45) is 7.55. The van der Waals surface area contributed by atoms with Crippen molar-refractivity contribution in [3.05, 3.63) is 35.5 Å². The number of aromatic nitrogens is 2. The average molecular weight is 532 g/mol. The summed E-state index contributed by atoms with van der Waals surface area (Å²) in [5.41, 5.74) is 9.88. The van der Waals surface area contributed by atoms with Crippen LogP contribution in [0, 0.1) is 29.4 Å². The van der Waals surface area contributed by atoms with Gasteiger partial charge >= 0.3 is 0 Å². The summed E-state index contributed by atoms with van der Waals surface area (Å²) in [6, 6.07) is 5.92. The molecular formula is C28H39B2FN6S. The number of thiophene rings is 1. The molecule has 1 saturated heterocycles. The number of anilines is 1. The van der Waals surface area contributed by atoms with Gasteiger partial charge in [-0.3, -0.25) is 9.67 Å². The number of nitrogens with two attached hydrogens (primary N) is 1. The van der Waals surface area contributed by atoms with Crippen LogP contribution in [-0.4, -0.2) is 42.6 Å². The van der Waals surface area contributed by atoms with Gasteiger partial charge in [0.2, 0.25) is 0 Å². The van der Waals surface area contributed by atoms with Crippen LogP contribution in [0.2, 0.25) is 25.3 Å². The second kappa shape index (κ2) is 15.3. The third kappa shape index (κ3) is 7.71. The van der Waals surface area contributed by atoms with Crippen molar-refractivity contribution in [2.24, 2.45) is 4.99 Å². The highest BCUT2D eigenvalue weighted by Crippen LogP contribution is 2.37. The van der Waals surface area contributed by atoms with Gasteiger partial charge in [0.25, 0.3) is 13.4 Å². The number of nitrogens with zero attached hydrogens (tertiary/aromatic N) is 5. The van der Waals surface area contributed by atoms with Crippen LogP contribution in [-0.2, 0) is 0 Å². The van der Waals surface area contributed by atoms with E-state index in [9.17, 15) is 4.39 Å². The fourth-order valence-electron chi connectivity index (χ4n) is 4.59. The number of benzene rings is 1. The number of halogens is 1. The molecule has 2 unspecified atom stereocenters. The van der Waals surface area contributed by atoms with E-state index >= 15 is 0 Å². The molecule has 0 saturated carbocycles. The van der Waals surface area contributed by atoms with Crippen LogP contribution >= 0.6 is 11.3 Å². The molecule has 0 spiro atoms. The molecule has 1 aromatic carbocycles. The molecular weight excluding hydrogens is 493 g/mol. The average Bonchev–Trinajstić information content (AvgIpc) is 3.51. The van der Waals surface area contributed by atoms with Gasteiger partial charge in [-0.05, 0) is 49.0 Å². The van der Waals surface area contributed by atoms with Crippen molar-refractivity contribution in [2.45, 2.75) is 85.0 Å². The molecule has 3 heterocycles. The maximum atomic E-state index is 14.5. The zero-order chi connectivity index (χ0) is 28.2. The van der Waals surface area contributed by atoms with Crippen molar-refractivity contribution in [1.29, 1.82) is 10.5 Å². The molecule has 2 N–H and O–H groups in total. The van der Waals surface area contributed by atoms with Crippen molar-refractivity contribution < 1.29 is 4.39 Å². The number of nitriles is 2. The van der Waals surface area contributed by atoms with E-state index in [0.717, 1.165) is 62.9 Å². The Morgan fingerprint density at radius 2 is 2.05 bits per heavy atom. The molecule has 1 aliphatic rings. The maximum absolute atomic E-state index is 14.5. The number of nitrogen functional groups attached to an aromatic ring is 1. The first-order chi connectivity index (χ1) is 18.3. The van der Waals surface area contributed by atoms with Crippen LogP contribution in [0.4, 0.5) is 10.1 Å². The zero-order valence-electron chi connectivity index (χ0n) is 23.5. The first-order valence-electron chi connectivity index (χ1n) is 13.6. The predicted octanol–water partition coefficient (Wildman–Crippen LogP) is 7.54. The second-order valence-electron chi connectivity index (χ2n) is 9.41. The Balaban J connectivity index is 0.000000437. The minimum Gasteiger partial charge on any atom is -0.398 e. The van der Waals surface area contributed by atoms with Crippen molar-refractivity contribution in [3.63, 3.8) is 0 Å². The van der Waals surface area contributed by atoms with Crippen LogP contribution in [0.3, 0.4) is 0 Å². The number of alkyl halides is 1. The smallest absolute Gasteiger partial charge is 0.270 e. The monoisotopic (exact) mass is 532 g/mol. The lowest BCUT2D eigenvalue weighted by Crippen LogP contribution is -2.32. The number of rotatable bonds is 6. The molecule has 2 atom stereocenters. The predicted molar refractivity (Wildman–Crippen MR) is 164 cm³/mol. The molecule has 10 heteroatoms. The van der Waals surface area contributed by atoms with Gasteiger partial charge in [0.1, 0.15) is 11.0 Å². The zero-order valence-corrected chi connectivity index (χ0v) is 24.4. The minimum absolute atomic E-state index is 0.177. The molecule has 0 amide bonds. The third-order valence-corrected chi connectivity index (χ3v) is 7.85. The van der Waals surface area contributed by atoms with E-state index in [4.69, 9.17) is 16.3 Å². The highest BCUT2D eigenvalue weighted by Gasteiger charge is 2.34. The standard InChI is InChI=1S/C20H21BFN5S.C6H12BN.C2H6/c1-12-5-13(6-14(9-25-2)19(12)24)18-7-15-10-27(26-20(15)28-18)17-3-4-21(11-23)8-16(17)22;1-3-5-7(4-2)6-8;1-2/h5-7,9-10,16-17H,3-4,8,24H2,1-2H3;3-5H2,1-2H3;1-2H3. The summed E-state index contributed by atoms with van der Waals surface area (Å²) < 4.78 is 16.3. The van der Waals surface area contributed by atoms with Crippen LogP contribution in [0.5, 0.6) is 0 Å². The lowest BCUT2D eigenvalue weighted by Gasteiger charge is -2.27. The van der Waals surface area contributed by atoms with Crippen LogP contribution in [0.1, 0.15) is 57.7 Å². The lowest BCUT2D eigenvalue weighted by atomic mass is 9.42. The molecule has 4 rings (SSSR count). The topological polar surface area (TPSA) is 104 Å². The van der Waals surface area contributed by atoms with E-state index in [2.05, 4.69) is 48.0 Å². The Labute approximate surface area is 231 Å². The highest BCUT2D eigenvalue weighted by molar-refractivity contribution is 7.21. The largest absolute Gasteiger partial charge is 0.398 e. The molecule has 0 aliphatic carbocycles. The number of hydrogen-bond donors (Lipinski definition) is 1. The third-order valence-electron chi connectivity index (χ3n) is 6.76. The molecule has 0 radical (unpaired) electrons. The molecule has 1 aliphatic heterocycles. The Bertz CT molecular complexity index is 1260. The summed E-state index contributed by atoms with van der Waals surface area (Å²) in [5, 5.41) is 23.1. The molecule has 0 bridgehead atoms. The van der Waals surface area contributed by atoms with Gasteiger partial charge in [0, 0.05) is 52.9 Å². The number of aryl methyl sites for hydroxylation is 1. The number of aliphatic imine (C=N–C) groups is 1. The number of fused-ring (bicyclic) bond motifs is 1. The summed E-state index contributed by atoms with van der Waals surface area (Å²) in [5.74, 6) is 4.44. The second-order valence-corrected chi connectivity index (χ2v) is 10.4. The van der Waals surface area contributed by atoms with Gasteiger partial charge < -0.3 is 5.73 Å². The van der Waals surface area contributed by atoms with Crippen molar-refractivity contribution >= 4 is 46.9 Å². The Kier molecular flexibility index (Phi) is 12.6. The van der Waals surface area contributed by atoms with E-state index in [-0.39, 0.29) is 12.8 Å². The lowest BCUT2D eigenvalue weighted by molar-refractivity contribution is 0.221. The van der Waals surface area contributed by atoms with Crippen LogP contribution < -0.4 is 5.73 Å². The van der Waals surface area contributed by atoms with Gasteiger partial charge in [0.15, 0.2) is 0 Å². The molecule has 6 nitrogen and oxygen atoms in total. The fraction of sp³-hybridized carbons (Fsp3) is 0.500. The quantitative estimate of drug-likeness (QED) is 0.201. The fourth-order valence-corrected chi connectivity index (χ4v) is 5.59. The molecule has 38 heavy (non-hydrogen) atoms. The van der Waals surface area contributed by atoms with E-state index in [1.165, 1.54) is 0 Å². The normalized spacial score (nSPS) is 16.7. The van der Waals surface area contributed by atoms with Gasteiger partial charge in [-0.1, -0.05) is 53.1 Å². The van der Waals surface area contributed by atoms with Gasteiger partial charge in [-0.2, -0.15) is 5.10 Å². The summed E-state index contributed by atoms with van der Waals surface area (Å²) in [4.78, 5) is 6.08. The summed E-state index contributed by atoms with van der Waals surface area (Å²) in [7, 11) is 1.73. The number of hydrogen-bond acceptors (Lipinski definition) is 6. The Hall–Kier alpha value is -3.10. The van der Waals surface area contributed by atoms with Gasteiger partial charge in [-0.25, -0.2) is 14.9 Å². The van der Waals surface area contributed by atoms with Crippen molar-refractivity contribution in [1.82, 2.24) is 9.78 Å². The molecule has 2 aromatic heterocycles.